The van der Waals surface area contributed by atoms with Crippen LogP contribution in [-0.2, 0) is 5.41 Å². The summed E-state index contributed by atoms with van der Waals surface area (Å²) in [4.78, 5) is 0. The third-order valence-electron chi connectivity index (χ3n) is 2.11. The van der Waals surface area contributed by atoms with Crippen LogP contribution in [0.3, 0.4) is 0 Å². The molecule has 0 aliphatic rings. The number of rotatable bonds is 1. The Labute approximate surface area is 80.1 Å². The highest BCUT2D eigenvalue weighted by atomic mass is 14.8. The van der Waals surface area contributed by atoms with Crippen LogP contribution in [0.4, 0.5) is 11.4 Å². The highest BCUT2D eigenvalue weighted by Gasteiger charge is 2.14. The van der Waals surface area contributed by atoms with E-state index in [2.05, 4.69) is 32.2 Å². The molecule has 0 atom stereocenters. The van der Waals surface area contributed by atoms with Gasteiger partial charge >= 0.3 is 0 Å². The van der Waals surface area contributed by atoms with Crippen molar-refractivity contribution >= 4 is 11.4 Å². The van der Waals surface area contributed by atoms with Gasteiger partial charge in [-0.2, -0.15) is 0 Å². The number of hydrogen-bond acceptors (Lipinski definition) is 2. The van der Waals surface area contributed by atoms with Crippen molar-refractivity contribution in [1.82, 2.24) is 0 Å². The smallest absolute Gasteiger partial charge is 0.0361 e. The summed E-state index contributed by atoms with van der Waals surface area (Å²) in [5.74, 6) is 0. The largest absolute Gasteiger partial charge is 0.399 e. The molecule has 13 heavy (non-hydrogen) atoms. The first-order chi connectivity index (χ1) is 5.93. The maximum Gasteiger partial charge on any atom is 0.0361 e. The van der Waals surface area contributed by atoms with Gasteiger partial charge < -0.3 is 11.1 Å². The van der Waals surface area contributed by atoms with E-state index in [0.717, 1.165) is 11.4 Å². The highest BCUT2D eigenvalue weighted by molar-refractivity contribution is 5.57. The minimum atomic E-state index is 0.154. The van der Waals surface area contributed by atoms with Gasteiger partial charge in [-0.25, -0.2) is 0 Å². The first-order valence-corrected chi connectivity index (χ1v) is 4.52. The van der Waals surface area contributed by atoms with Crippen LogP contribution >= 0.6 is 0 Å². The molecule has 0 heterocycles. The molecule has 0 unspecified atom stereocenters. The molecule has 72 valence electrons. The van der Waals surface area contributed by atoms with E-state index in [9.17, 15) is 0 Å². The van der Waals surface area contributed by atoms with E-state index in [0.29, 0.717) is 0 Å². The first-order valence-electron chi connectivity index (χ1n) is 4.52. The fourth-order valence-corrected chi connectivity index (χ4v) is 1.23. The van der Waals surface area contributed by atoms with Gasteiger partial charge in [0.1, 0.15) is 0 Å². The number of nitrogens with two attached hydrogens (primary N) is 1. The molecule has 1 rings (SSSR count). The Kier molecular flexibility index (Phi) is 2.50. The molecule has 0 spiro atoms. The van der Waals surface area contributed by atoms with Crippen molar-refractivity contribution in [1.29, 1.82) is 0 Å². The monoisotopic (exact) mass is 178 g/mol. The molecule has 0 aliphatic heterocycles. The minimum Gasteiger partial charge on any atom is -0.399 e. The van der Waals surface area contributed by atoms with Crippen molar-refractivity contribution in [3.05, 3.63) is 23.8 Å². The standard InChI is InChI=1S/C11H18N2/c1-11(2,3)8-5-9(12)7-10(6-8)13-4/h5-7,13H,12H2,1-4H3. The Morgan fingerprint density at radius 2 is 1.77 bits per heavy atom. The lowest BCUT2D eigenvalue weighted by atomic mass is 9.86. The number of benzene rings is 1. The van der Waals surface area contributed by atoms with Crippen LogP contribution < -0.4 is 11.1 Å². The Bertz CT molecular complexity index is 297. The molecular weight excluding hydrogens is 160 g/mol. The minimum absolute atomic E-state index is 0.154. The van der Waals surface area contributed by atoms with E-state index in [-0.39, 0.29) is 5.41 Å². The van der Waals surface area contributed by atoms with E-state index in [1.807, 2.05) is 19.2 Å². The van der Waals surface area contributed by atoms with Crippen molar-refractivity contribution in [3.63, 3.8) is 0 Å². The van der Waals surface area contributed by atoms with E-state index < -0.39 is 0 Å². The van der Waals surface area contributed by atoms with E-state index in [1.165, 1.54) is 5.56 Å². The molecule has 2 heteroatoms. The lowest BCUT2D eigenvalue weighted by molar-refractivity contribution is 0.591. The fraction of sp³-hybridized carbons (Fsp3) is 0.455. The Balaban J connectivity index is 3.16. The molecule has 0 bridgehead atoms. The summed E-state index contributed by atoms with van der Waals surface area (Å²) in [6.45, 7) is 6.55. The fourth-order valence-electron chi connectivity index (χ4n) is 1.23. The van der Waals surface area contributed by atoms with Crippen molar-refractivity contribution in [2.45, 2.75) is 26.2 Å². The van der Waals surface area contributed by atoms with Crippen LogP contribution in [0.15, 0.2) is 18.2 Å². The lowest BCUT2D eigenvalue weighted by Gasteiger charge is -2.20. The zero-order chi connectivity index (χ0) is 10.1. The molecular formula is C11H18N2. The third kappa shape index (κ3) is 2.38. The van der Waals surface area contributed by atoms with Crippen LogP contribution in [0.25, 0.3) is 0 Å². The Morgan fingerprint density at radius 1 is 1.15 bits per heavy atom. The van der Waals surface area contributed by atoms with Gasteiger partial charge in [-0.05, 0) is 29.2 Å². The summed E-state index contributed by atoms with van der Waals surface area (Å²) in [5.41, 5.74) is 9.10. The van der Waals surface area contributed by atoms with Crippen molar-refractivity contribution in [3.8, 4) is 0 Å². The average molecular weight is 178 g/mol. The van der Waals surface area contributed by atoms with E-state index in [1.54, 1.807) is 0 Å². The summed E-state index contributed by atoms with van der Waals surface area (Å²) in [5, 5.41) is 3.10. The first kappa shape index (κ1) is 9.90. The SMILES string of the molecule is CNc1cc(N)cc(C(C)(C)C)c1. The molecule has 1 aromatic carbocycles. The number of hydrogen-bond donors (Lipinski definition) is 2. The van der Waals surface area contributed by atoms with Gasteiger partial charge in [0, 0.05) is 18.4 Å². The van der Waals surface area contributed by atoms with Crippen LogP contribution in [0.1, 0.15) is 26.3 Å². The number of anilines is 2. The van der Waals surface area contributed by atoms with Gasteiger partial charge in [0.2, 0.25) is 0 Å². The predicted octanol–water partition coefficient (Wildman–Crippen LogP) is 2.61. The van der Waals surface area contributed by atoms with Crippen molar-refractivity contribution in [2.75, 3.05) is 18.1 Å². The second-order valence-corrected chi connectivity index (χ2v) is 4.34. The average Bonchev–Trinajstić information content (AvgIpc) is 2.01. The Morgan fingerprint density at radius 3 is 2.23 bits per heavy atom. The summed E-state index contributed by atoms with van der Waals surface area (Å²) < 4.78 is 0. The van der Waals surface area contributed by atoms with Crippen molar-refractivity contribution in [2.24, 2.45) is 0 Å². The van der Waals surface area contributed by atoms with Gasteiger partial charge in [0.15, 0.2) is 0 Å². The second kappa shape index (κ2) is 3.29. The van der Waals surface area contributed by atoms with Gasteiger partial charge in [-0.15, -0.1) is 0 Å². The summed E-state index contributed by atoms with van der Waals surface area (Å²) in [7, 11) is 1.90. The molecule has 0 fully saturated rings. The van der Waals surface area contributed by atoms with Crippen molar-refractivity contribution < 1.29 is 0 Å². The maximum atomic E-state index is 5.79. The molecule has 0 aliphatic carbocycles. The van der Waals surface area contributed by atoms with Crippen LogP contribution in [0.2, 0.25) is 0 Å². The van der Waals surface area contributed by atoms with Crippen LogP contribution in [-0.4, -0.2) is 7.05 Å². The molecule has 0 amide bonds. The van der Waals surface area contributed by atoms with Crippen LogP contribution in [0, 0.1) is 0 Å². The molecule has 0 radical (unpaired) electrons. The van der Waals surface area contributed by atoms with E-state index in [4.69, 9.17) is 5.73 Å². The van der Waals surface area contributed by atoms with E-state index >= 15 is 0 Å². The molecule has 0 saturated heterocycles. The molecule has 3 N–H and O–H groups in total. The number of nitrogens with one attached hydrogen (secondary N) is 1. The summed E-state index contributed by atoms with van der Waals surface area (Å²) in [6, 6.07) is 6.10. The second-order valence-electron chi connectivity index (χ2n) is 4.34. The Hall–Kier alpha value is -1.18. The zero-order valence-corrected chi connectivity index (χ0v) is 8.81. The predicted molar refractivity (Wildman–Crippen MR) is 59.1 cm³/mol. The third-order valence-corrected chi connectivity index (χ3v) is 2.11. The molecule has 0 aromatic heterocycles. The lowest BCUT2D eigenvalue weighted by Crippen LogP contribution is -2.12. The molecule has 0 saturated carbocycles. The molecule has 2 nitrogen and oxygen atoms in total. The van der Waals surface area contributed by atoms with Gasteiger partial charge in [0.25, 0.3) is 0 Å². The summed E-state index contributed by atoms with van der Waals surface area (Å²) in [6.07, 6.45) is 0. The van der Waals surface area contributed by atoms with Gasteiger partial charge in [0.05, 0.1) is 0 Å². The normalized spacial score (nSPS) is 11.4. The van der Waals surface area contributed by atoms with Gasteiger partial charge in [-0.3, -0.25) is 0 Å². The van der Waals surface area contributed by atoms with Gasteiger partial charge in [-0.1, -0.05) is 20.8 Å². The molecule has 1 aromatic rings. The quantitative estimate of drug-likeness (QED) is 0.649. The number of nitrogen functional groups attached to an aromatic ring is 1. The topological polar surface area (TPSA) is 38.0 Å². The summed E-state index contributed by atoms with van der Waals surface area (Å²) >= 11 is 0. The van der Waals surface area contributed by atoms with Crippen LogP contribution in [0.5, 0.6) is 0 Å². The highest BCUT2D eigenvalue weighted by Crippen LogP contribution is 2.27. The zero-order valence-electron chi connectivity index (χ0n) is 8.81. The maximum absolute atomic E-state index is 5.79.